The van der Waals surface area contributed by atoms with Gasteiger partial charge in [-0.25, -0.2) is 13.5 Å². The second kappa shape index (κ2) is 7.42. The summed E-state index contributed by atoms with van der Waals surface area (Å²) in [6, 6.07) is 6.05. The minimum atomic E-state index is -3.53. The van der Waals surface area contributed by atoms with E-state index in [0.29, 0.717) is 5.56 Å². The Kier molecular flexibility index (Phi) is 5.78. The zero-order valence-electron chi connectivity index (χ0n) is 13.9. The molecule has 0 bridgehead atoms. The predicted molar refractivity (Wildman–Crippen MR) is 87.4 cm³/mol. The molecule has 2 rings (SSSR count). The van der Waals surface area contributed by atoms with E-state index < -0.39 is 10.0 Å². The number of hydrogen-bond donors (Lipinski definition) is 0. The molecule has 1 saturated carbocycles. The van der Waals surface area contributed by atoms with Gasteiger partial charge in [0.15, 0.2) is 0 Å². The van der Waals surface area contributed by atoms with E-state index in [1.54, 1.807) is 7.05 Å². The van der Waals surface area contributed by atoms with Crippen LogP contribution in [0.15, 0.2) is 29.2 Å². The van der Waals surface area contributed by atoms with Crippen LogP contribution in [-0.2, 0) is 14.9 Å². The van der Waals surface area contributed by atoms with Crippen LogP contribution in [0.25, 0.3) is 0 Å². The molecule has 7 heteroatoms. The average molecular weight is 340 g/mol. The summed E-state index contributed by atoms with van der Waals surface area (Å²) >= 11 is 0. The van der Waals surface area contributed by atoms with Crippen LogP contribution in [0.2, 0.25) is 0 Å². The van der Waals surface area contributed by atoms with Gasteiger partial charge in [-0.05, 0) is 37.1 Å². The topological polar surface area (TPSA) is 66.9 Å². The van der Waals surface area contributed by atoms with E-state index in [9.17, 15) is 13.2 Å². The lowest BCUT2D eigenvalue weighted by Crippen LogP contribution is -2.38. The molecule has 0 unspecified atom stereocenters. The molecule has 0 spiro atoms. The summed E-state index contributed by atoms with van der Waals surface area (Å²) in [6.45, 7) is 0. The third-order valence-electron chi connectivity index (χ3n) is 4.43. The highest BCUT2D eigenvalue weighted by atomic mass is 32.2. The highest BCUT2D eigenvalue weighted by Crippen LogP contribution is 2.26. The van der Waals surface area contributed by atoms with Crippen LogP contribution in [0, 0.1) is 0 Å². The number of benzene rings is 1. The van der Waals surface area contributed by atoms with Gasteiger partial charge >= 0.3 is 0 Å². The smallest absolute Gasteiger partial charge is 0.274 e. The van der Waals surface area contributed by atoms with Crippen molar-refractivity contribution in [1.29, 1.82) is 0 Å². The van der Waals surface area contributed by atoms with Gasteiger partial charge < -0.3 is 0 Å². The first-order valence-corrected chi connectivity index (χ1v) is 9.22. The predicted octanol–water partition coefficient (Wildman–Crippen LogP) is 2.27. The molecular weight excluding hydrogens is 316 g/mol. The van der Waals surface area contributed by atoms with E-state index in [1.807, 2.05) is 0 Å². The van der Waals surface area contributed by atoms with Crippen LogP contribution in [0.3, 0.4) is 0 Å². The number of carbonyl (C=O) groups is 1. The maximum Gasteiger partial charge on any atom is 0.277 e. The fourth-order valence-corrected chi connectivity index (χ4v) is 4.26. The number of sulfonamides is 1. The van der Waals surface area contributed by atoms with Gasteiger partial charge in [0.1, 0.15) is 0 Å². The average Bonchev–Trinajstić information content (AvgIpc) is 2.60. The molecule has 6 nitrogen and oxygen atoms in total. The molecule has 0 radical (unpaired) electrons. The van der Waals surface area contributed by atoms with Crippen molar-refractivity contribution in [1.82, 2.24) is 9.37 Å². The molecule has 128 valence electrons. The third kappa shape index (κ3) is 3.91. The summed E-state index contributed by atoms with van der Waals surface area (Å²) in [5.74, 6) is -0.322. The Labute approximate surface area is 138 Å². The number of hydrogen-bond acceptors (Lipinski definition) is 4. The molecule has 1 aliphatic rings. The monoisotopic (exact) mass is 340 g/mol. The van der Waals surface area contributed by atoms with Crippen LogP contribution < -0.4 is 0 Å². The van der Waals surface area contributed by atoms with Gasteiger partial charge in [-0.2, -0.15) is 4.31 Å². The molecule has 0 atom stereocenters. The molecule has 1 aliphatic carbocycles. The highest BCUT2D eigenvalue weighted by Gasteiger charge is 2.29. The van der Waals surface area contributed by atoms with Crippen LogP contribution in [0.4, 0.5) is 0 Å². The fraction of sp³-hybridized carbons (Fsp3) is 0.562. The van der Waals surface area contributed by atoms with Gasteiger partial charge in [0.25, 0.3) is 5.91 Å². The Morgan fingerprint density at radius 1 is 1.09 bits per heavy atom. The second-order valence-electron chi connectivity index (χ2n) is 5.82. The van der Waals surface area contributed by atoms with Gasteiger partial charge in [-0.3, -0.25) is 9.63 Å². The Hall–Kier alpha value is -1.44. The number of nitrogens with zero attached hydrogens (tertiary/aromatic N) is 2. The molecule has 0 aliphatic heterocycles. The first-order chi connectivity index (χ1) is 10.9. The largest absolute Gasteiger partial charge is 0.277 e. The summed E-state index contributed by atoms with van der Waals surface area (Å²) in [7, 11) is 1.01. The zero-order valence-corrected chi connectivity index (χ0v) is 14.7. The first-order valence-electron chi connectivity index (χ1n) is 7.78. The minimum Gasteiger partial charge on any atom is -0.274 e. The summed E-state index contributed by atoms with van der Waals surface area (Å²) in [6.07, 6.45) is 5.13. The van der Waals surface area contributed by atoms with Gasteiger partial charge in [0.05, 0.1) is 12.0 Å². The van der Waals surface area contributed by atoms with Crippen molar-refractivity contribution in [2.24, 2.45) is 0 Å². The summed E-state index contributed by atoms with van der Waals surface area (Å²) in [5.41, 5.74) is 0.383. The number of carbonyl (C=O) groups excluding carboxylic acids is 1. The van der Waals surface area contributed by atoms with Crippen molar-refractivity contribution >= 4 is 15.9 Å². The Morgan fingerprint density at radius 2 is 1.65 bits per heavy atom. The summed E-state index contributed by atoms with van der Waals surface area (Å²) in [4.78, 5) is 17.0. The molecule has 23 heavy (non-hydrogen) atoms. The lowest BCUT2D eigenvalue weighted by molar-refractivity contribution is -0.0757. The number of rotatable bonds is 5. The summed E-state index contributed by atoms with van der Waals surface area (Å²) in [5, 5.41) is 1.09. The van der Waals surface area contributed by atoms with Gasteiger partial charge in [0, 0.05) is 25.7 Å². The number of amides is 1. The van der Waals surface area contributed by atoms with Crippen molar-refractivity contribution in [2.45, 2.75) is 43.0 Å². The van der Waals surface area contributed by atoms with Crippen LogP contribution in [-0.4, -0.2) is 50.9 Å². The van der Waals surface area contributed by atoms with Crippen molar-refractivity contribution in [3.8, 4) is 0 Å². The first kappa shape index (κ1) is 17.9. The molecule has 0 N–H and O–H groups in total. The maximum atomic E-state index is 12.7. The highest BCUT2D eigenvalue weighted by molar-refractivity contribution is 7.89. The minimum absolute atomic E-state index is 0.0645. The molecule has 1 amide bonds. The van der Waals surface area contributed by atoms with E-state index in [-0.39, 0.29) is 16.8 Å². The third-order valence-corrected chi connectivity index (χ3v) is 6.35. The van der Waals surface area contributed by atoms with Crippen molar-refractivity contribution in [2.75, 3.05) is 21.2 Å². The fourth-order valence-electron chi connectivity index (χ4n) is 2.84. The van der Waals surface area contributed by atoms with E-state index in [4.69, 9.17) is 4.84 Å². The van der Waals surface area contributed by atoms with Gasteiger partial charge in [-0.15, -0.1) is 0 Å². The Morgan fingerprint density at radius 3 is 2.17 bits per heavy atom. The SMILES string of the molecule is CON(C)C(=O)c1ccc(S(=O)(=O)N(C)C2CCCCC2)cc1. The molecular formula is C16H24N2O4S. The van der Waals surface area contributed by atoms with Crippen molar-refractivity contribution in [3.63, 3.8) is 0 Å². The normalized spacial score (nSPS) is 16.5. The summed E-state index contributed by atoms with van der Waals surface area (Å²) < 4.78 is 26.9. The molecule has 0 saturated heterocycles. The van der Waals surface area contributed by atoms with E-state index in [0.717, 1.165) is 30.7 Å². The Bertz CT molecular complexity index is 637. The lowest BCUT2D eigenvalue weighted by atomic mass is 9.96. The molecule has 0 aromatic heterocycles. The maximum absolute atomic E-state index is 12.7. The zero-order chi connectivity index (χ0) is 17.0. The molecule has 1 aromatic carbocycles. The Balaban J connectivity index is 2.18. The quantitative estimate of drug-likeness (QED) is 0.771. The second-order valence-corrected chi connectivity index (χ2v) is 7.82. The van der Waals surface area contributed by atoms with Gasteiger partial charge in [0.2, 0.25) is 10.0 Å². The number of hydroxylamine groups is 2. The van der Waals surface area contributed by atoms with E-state index in [1.165, 1.54) is 49.1 Å². The van der Waals surface area contributed by atoms with E-state index >= 15 is 0 Å². The van der Waals surface area contributed by atoms with Crippen LogP contribution in [0.5, 0.6) is 0 Å². The van der Waals surface area contributed by atoms with Crippen LogP contribution in [0.1, 0.15) is 42.5 Å². The van der Waals surface area contributed by atoms with E-state index in [2.05, 4.69) is 0 Å². The lowest BCUT2D eigenvalue weighted by Gasteiger charge is -2.30. The molecule has 1 fully saturated rings. The van der Waals surface area contributed by atoms with Crippen molar-refractivity contribution in [3.05, 3.63) is 29.8 Å². The molecule has 1 aromatic rings. The molecule has 0 heterocycles. The van der Waals surface area contributed by atoms with Crippen molar-refractivity contribution < 1.29 is 18.0 Å². The van der Waals surface area contributed by atoms with Gasteiger partial charge in [-0.1, -0.05) is 19.3 Å². The van der Waals surface area contributed by atoms with Crippen LogP contribution >= 0.6 is 0 Å². The standard InChI is InChI=1S/C16H24N2O4S/c1-17(22-3)16(19)13-9-11-15(12-10-13)23(20,21)18(2)14-7-5-4-6-8-14/h9-12,14H,4-8H2,1-3H3.